The monoisotopic (exact) mass is 422 g/mol. The molecular formula is C24H23FN2O4. The summed E-state index contributed by atoms with van der Waals surface area (Å²) < 4.78 is 31.7. The minimum atomic E-state index is -0.538. The molecule has 1 saturated carbocycles. The fourth-order valence-electron chi connectivity index (χ4n) is 4.12. The lowest BCUT2D eigenvalue weighted by Crippen LogP contribution is -2.40. The van der Waals surface area contributed by atoms with Crippen LogP contribution < -0.4 is 14.8 Å². The number of rotatable bonds is 5. The number of hydrogen-bond donors (Lipinski definition) is 1. The number of benzene rings is 2. The van der Waals surface area contributed by atoms with Crippen LogP contribution >= 0.6 is 0 Å². The number of carbonyl (C=O) groups is 1. The van der Waals surface area contributed by atoms with Crippen LogP contribution in [0.2, 0.25) is 0 Å². The molecule has 1 aliphatic carbocycles. The highest BCUT2D eigenvalue weighted by molar-refractivity contribution is 5.91. The molecule has 1 aliphatic heterocycles. The second kappa shape index (κ2) is 8.06. The van der Waals surface area contributed by atoms with Crippen molar-refractivity contribution in [1.29, 1.82) is 0 Å². The Bertz CT molecular complexity index is 1100. The van der Waals surface area contributed by atoms with Crippen LogP contribution in [0, 0.1) is 5.82 Å². The normalized spacial score (nSPS) is 16.4. The lowest BCUT2D eigenvalue weighted by molar-refractivity contribution is -0.116. The topological polar surface area (TPSA) is 73.6 Å². The second-order valence-electron chi connectivity index (χ2n) is 7.98. The smallest absolute Gasteiger partial charge is 0.251 e. The molecule has 1 spiro atoms. The van der Waals surface area contributed by atoms with Gasteiger partial charge in [-0.15, -0.1) is 0 Å². The van der Waals surface area contributed by atoms with Gasteiger partial charge in [-0.2, -0.15) is 0 Å². The van der Waals surface area contributed by atoms with Gasteiger partial charge in [-0.05, 0) is 37.1 Å². The van der Waals surface area contributed by atoms with Gasteiger partial charge < -0.3 is 19.2 Å². The molecule has 1 amide bonds. The predicted molar refractivity (Wildman–Crippen MR) is 112 cm³/mol. The number of nitrogens with one attached hydrogen (secondary N) is 1. The maximum Gasteiger partial charge on any atom is 0.251 e. The highest BCUT2D eigenvalue weighted by atomic mass is 19.1. The third-order valence-electron chi connectivity index (χ3n) is 5.69. The van der Waals surface area contributed by atoms with Gasteiger partial charge in [0.25, 0.3) is 5.79 Å². The van der Waals surface area contributed by atoms with Gasteiger partial charge in [-0.25, -0.2) is 9.37 Å². The lowest BCUT2D eigenvalue weighted by atomic mass is 9.94. The summed E-state index contributed by atoms with van der Waals surface area (Å²) in [5.41, 5.74) is 1.00. The average molecular weight is 422 g/mol. The summed E-state index contributed by atoms with van der Waals surface area (Å²) >= 11 is 0. The Balaban J connectivity index is 1.18. The molecule has 0 radical (unpaired) electrons. The van der Waals surface area contributed by atoms with Gasteiger partial charge >= 0.3 is 0 Å². The Morgan fingerprint density at radius 1 is 1.06 bits per heavy atom. The number of ether oxygens (including phenoxy) is 2. The first-order valence-corrected chi connectivity index (χ1v) is 10.6. The number of aryl methyl sites for hydroxylation is 1. The Morgan fingerprint density at radius 3 is 2.71 bits per heavy atom. The van der Waals surface area contributed by atoms with Gasteiger partial charge in [-0.1, -0.05) is 18.6 Å². The molecule has 0 unspecified atom stereocenters. The summed E-state index contributed by atoms with van der Waals surface area (Å²) in [5, 5.41) is 2.88. The van der Waals surface area contributed by atoms with Gasteiger partial charge in [0.05, 0.1) is 11.8 Å². The van der Waals surface area contributed by atoms with Crippen molar-refractivity contribution in [3.63, 3.8) is 0 Å². The van der Waals surface area contributed by atoms with Crippen molar-refractivity contribution in [1.82, 2.24) is 4.98 Å². The summed E-state index contributed by atoms with van der Waals surface area (Å²) in [5.74, 6) is 1.04. The summed E-state index contributed by atoms with van der Waals surface area (Å²) in [6.07, 6.45) is 7.14. The van der Waals surface area contributed by atoms with Crippen LogP contribution in [0.5, 0.6) is 11.5 Å². The largest absolute Gasteiger partial charge is 0.448 e. The van der Waals surface area contributed by atoms with Gasteiger partial charge in [-0.3, -0.25) is 4.79 Å². The maximum absolute atomic E-state index is 13.9. The number of aromatic nitrogens is 1. The van der Waals surface area contributed by atoms with Crippen molar-refractivity contribution in [3.05, 3.63) is 60.4 Å². The number of hydrogen-bond acceptors (Lipinski definition) is 5. The minimum absolute atomic E-state index is 0.170. The Hall–Kier alpha value is -3.35. The summed E-state index contributed by atoms with van der Waals surface area (Å²) in [6.45, 7) is 0. The van der Waals surface area contributed by atoms with Crippen molar-refractivity contribution in [2.45, 2.75) is 50.7 Å². The van der Waals surface area contributed by atoms with E-state index in [0.29, 0.717) is 35.1 Å². The summed E-state index contributed by atoms with van der Waals surface area (Å²) in [4.78, 5) is 16.6. The Kier molecular flexibility index (Phi) is 5.10. The molecule has 7 heteroatoms. The number of carbonyl (C=O) groups excluding carboxylic acids is 1. The third kappa shape index (κ3) is 4.13. The Morgan fingerprint density at radius 2 is 1.87 bits per heavy atom. The van der Waals surface area contributed by atoms with E-state index in [-0.39, 0.29) is 18.1 Å². The minimum Gasteiger partial charge on any atom is -0.448 e. The van der Waals surface area contributed by atoms with E-state index in [1.165, 1.54) is 18.7 Å². The van der Waals surface area contributed by atoms with Gasteiger partial charge in [0.15, 0.2) is 23.1 Å². The molecule has 1 aromatic heterocycles. The third-order valence-corrected chi connectivity index (χ3v) is 5.69. The first-order valence-electron chi connectivity index (χ1n) is 10.6. The number of anilines is 1. The first-order chi connectivity index (χ1) is 15.1. The van der Waals surface area contributed by atoms with Crippen molar-refractivity contribution in [3.8, 4) is 22.8 Å². The number of nitrogens with zero attached hydrogens (tertiary/aromatic N) is 1. The predicted octanol–water partition coefficient (Wildman–Crippen LogP) is 5.48. The molecule has 3 aromatic rings. The van der Waals surface area contributed by atoms with Crippen LogP contribution in [0.15, 0.2) is 53.1 Å². The summed E-state index contributed by atoms with van der Waals surface area (Å²) in [6, 6.07) is 11.8. The highest BCUT2D eigenvalue weighted by Crippen LogP contribution is 2.46. The van der Waals surface area contributed by atoms with E-state index in [1.54, 1.807) is 24.3 Å². The highest BCUT2D eigenvalue weighted by Gasteiger charge is 2.42. The van der Waals surface area contributed by atoms with Crippen molar-refractivity contribution in [2.75, 3.05) is 5.32 Å². The number of halogens is 1. The number of oxazole rings is 1. The molecule has 5 rings (SSSR count). The SMILES string of the molecule is O=C(CCc1ncc(-c2ccccc2F)o1)Nc1ccc2c(c1)OC1(CCCCC1)O2. The van der Waals surface area contributed by atoms with Crippen molar-refractivity contribution < 1.29 is 23.1 Å². The summed E-state index contributed by atoms with van der Waals surface area (Å²) in [7, 11) is 0. The Labute approximate surface area is 179 Å². The molecule has 1 fully saturated rings. The molecule has 0 atom stereocenters. The van der Waals surface area contributed by atoms with Crippen LogP contribution in [-0.2, 0) is 11.2 Å². The van der Waals surface area contributed by atoms with Crippen LogP contribution in [0.25, 0.3) is 11.3 Å². The molecular weight excluding hydrogens is 399 g/mol. The van der Waals surface area contributed by atoms with Gasteiger partial charge in [0.1, 0.15) is 5.82 Å². The molecule has 6 nitrogen and oxygen atoms in total. The quantitative estimate of drug-likeness (QED) is 0.589. The zero-order valence-electron chi connectivity index (χ0n) is 17.0. The molecule has 160 valence electrons. The molecule has 2 aromatic carbocycles. The molecule has 0 saturated heterocycles. The van der Waals surface area contributed by atoms with Crippen LogP contribution in [0.4, 0.5) is 10.1 Å². The van der Waals surface area contributed by atoms with Crippen LogP contribution in [-0.4, -0.2) is 16.7 Å². The zero-order valence-corrected chi connectivity index (χ0v) is 17.0. The van der Waals surface area contributed by atoms with E-state index >= 15 is 0 Å². The number of fused-ring (bicyclic) bond motifs is 1. The van der Waals surface area contributed by atoms with Crippen molar-refractivity contribution >= 4 is 11.6 Å². The molecule has 2 aliphatic rings. The zero-order chi connectivity index (χ0) is 21.3. The van der Waals surface area contributed by atoms with Gasteiger partial charge in [0.2, 0.25) is 5.91 Å². The van der Waals surface area contributed by atoms with Crippen LogP contribution in [0.3, 0.4) is 0 Å². The average Bonchev–Trinajstić information content (AvgIpc) is 3.37. The van der Waals surface area contributed by atoms with Crippen molar-refractivity contribution in [2.24, 2.45) is 0 Å². The fourth-order valence-corrected chi connectivity index (χ4v) is 4.12. The van der Waals surface area contributed by atoms with E-state index in [2.05, 4.69) is 10.3 Å². The molecule has 31 heavy (non-hydrogen) atoms. The lowest BCUT2D eigenvalue weighted by Gasteiger charge is -2.31. The van der Waals surface area contributed by atoms with E-state index in [9.17, 15) is 9.18 Å². The fraction of sp³-hybridized carbons (Fsp3) is 0.333. The van der Waals surface area contributed by atoms with Crippen LogP contribution in [0.1, 0.15) is 44.4 Å². The second-order valence-corrected chi connectivity index (χ2v) is 7.98. The van der Waals surface area contributed by atoms with E-state index < -0.39 is 5.79 Å². The molecule has 1 N–H and O–H groups in total. The van der Waals surface area contributed by atoms with E-state index in [1.807, 2.05) is 12.1 Å². The molecule has 0 bridgehead atoms. The van der Waals surface area contributed by atoms with Gasteiger partial charge in [0, 0.05) is 37.4 Å². The first kappa shape index (κ1) is 19.6. The molecule has 2 heterocycles. The van der Waals surface area contributed by atoms with E-state index in [0.717, 1.165) is 31.4 Å². The van der Waals surface area contributed by atoms with E-state index in [4.69, 9.17) is 13.9 Å². The number of amides is 1. The standard InChI is InChI=1S/C24H23FN2O4/c25-18-7-3-2-6-17(18)21-15-26-23(29-21)11-10-22(28)27-16-8-9-19-20(14-16)31-24(30-19)12-4-1-5-13-24/h2-3,6-9,14-15H,1,4-5,10-13H2,(H,27,28). The maximum atomic E-state index is 13.9.